The molecule has 2 rings (SSSR count). The van der Waals surface area contributed by atoms with E-state index >= 15 is 0 Å². The third kappa shape index (κ3) is 6.52. The van der Waals surface area contributed by atoms with Crippen LogP contribution in [-0.4, -0.2) is 32.4 Å². The highest BCUT2D eigenvalue weighted by atomic mass is 32.2. The molecule has 5 nitrogen and oxygen atoms in total. The van der Waals surface area contributed by atoms with E-state index in [4.69, 9.17) is 0 Å². The Morgan fingerprint density at radius 2 is 1.76 bits per heavy atom. The fourth-order valence-corrected chi connectivity index (χ4v) is 4.33. The molecular formula is C20H24F2N2O3S2. The second-order valence-electron chi connectivity index (χ2n) is 6.67. The predicted molar refractivity (Wildman–Crippen MR) is 111 cm³/mol. The first-order valence-corrected chi connectivity index (χ1v) is 11.8. The summed E-state index contributed by atoms with van der Waals surface area (Å²) in [7, 11) is -3.89. The van der Waals surface area contributed by atoms with Crippen LogP contribution in [0.5, 0.6) is 0 Å². The Balaban J connectivity index is 2.16. The highest BCUT2D eigenvalue weighted by Crippen LogP contribution is 2.17. The summed E-state index contributed by atoms with van der Waals surface area (Å²) in [6.07, 6.45) is 2.13. The Morgan fingerprint density at radius 1 is 1.10 bits per heavy atom. The summed E-state index contributed by atoms with van der Waals surface area (Å²) < 4.78 is 54.4. The molecule has 2 atom stereocenters. The summed E-state index contributed by atoms with van der Waals surface area (Å²) in [6, 6.07) is 8.05. The third-order valence-electron chi connectivity index (χ3n) is 4.36. The van der Waals surface area contributed by atoms with Gasteiger partial charge in [-0.25, -0.2) is 17.2 Å². The first-order valence-electron chi connectivity index (χ1n) is 8.97. The molecule has 0 aliphatic heterocycles. The van der Waals surface area contributed by atoms with Crippen LogP contribution in [0, 0.1) is 18.6 Å². The molecule has 0 radical (unpaired) electrons. The third-order valence-corrected chi connectivity index (χ3v) is 6.49. The van der Waals surface area contributed by atoms with E-state index in [0.29, 0.717) is 11.3 Å². The Hall–Kier alpha value is -1.97. The van der Waals surface area contributed by atoms with Crippen LogP contribution in [0.15, 0.2) is 47.4 Å². The SMILES string of the molecule is CSCCC(NS(=O)(=O)c1ccc(C)cc1)C(=O)NC(C)c1ccc(F)c(F)c1. The van der Waals surface area contributed by atoms with Gasteiger partial charge in [0.1, 0.15) is 6.04 Å². The van der Waals surface area contributed by atoms with Gasteiger partial charge in [0.05, 0.1) is 10.9 Å². The van der Waals surface area contributed by atoms with E-state index in [1.54, 1.807) is 19.1 Å². The summed E-state index contributed by atoms with van der Waals surface area (Å²) in [5, 5.41) is 2.67. The van der Waals surface area contributed by atoms with Gasteiger partial charge in [-0.3, -0.25) is 4.79 Å². The van der Waals surface area contributed by atoms with Crippen molar-refractivity contribution < 1.29 is 22.0 Å². The summed E-state index contributed by atoms with van der Waals surface area (Å²) in [5.41, 5.74) is 1.29. The van der Waals surface area contributed by atoms with Crippen LogP contribution in [0.1, 0.15) is 30.5 Å². The van der Waals surface area contributed by atoms with Crippen molar-refractivity contribution in [3.05, 3.63) is 65.2 Å². The molecule has 158 valence electrons. The van der Waals surface area contributed by atoms with Gasteiger partial charge in [0.2, 0.25) is 15.9 Å². The molecular weight excluding hydrogens is 418 g/mol. The topological polar surface area (TPSA) is 75.3 Å². The van der Waals surface area contributed by atoms with Crippen molar-refractivity contribution >= 4 is 27.7 Å². The predicted octanol–water partition coefficient (Wildman–Crippen LogP) is 3.55. The smallest absolute Gasteiger partial charge is 0.241 e. The normalized spacial score (nSPS) is 13.7. The van der Waals surface area contributed by atoms with E-state index in [2.05, 4.69) is 10.0 Å². The van der Waals surface area contributed by atoms with Crippen LogP contribution in [0.2, 0.25) is 0 Å². The molecule has 0 saturated heterocycles. The quantitative estimate of drug-likeness (QED) is 0.623. The van der Waals surface area contributed by atoms with E-state index in [9.17, 15) is 22.0 Å². The van der Waals surface area contributed by atoms with Crippen molar-refractivity contribution in [3.63, 3.8) is 0 Å². The lowest BCUT2D eigenvalue weighted by molar-refractivity contribution is -0.123. The van der Waals surface area contributed by atoms with E-state index in [1.165, 1.54) is 30.0 Å². The maximum atomic E-state index is 13.5. The van der Waals surface area contributed by atoms with Gasteiger partial charge in [-0.15, -0.1) is 0 Å². The van der Waals surface area contributed by atoms with E-state index in [1.807, 2.05) is 13.2 Å². The molecule has 9 heteroatoms. The van der Waals surface area contributed by atoms with Gasteiger partial charge in [-0.2, -0.15) is 16.5 Å². The lowest BCUT2D eigenvalue weighted by Crippen LogP contribution is -2.47. The number of carbonyl (C=O) groups excluding carboxylic acids is 1. The Bertz CT molecular complexity index is 951. The van der Waals surface area contributed by atoms with E-state index in [-0.39, 0.29) is 11.3 Å². The van der Waals surface area contributed by atoms with Gasteiger partial charge in [-0.1, -0.05) is 23.8 Å². The number of nitrogens with one attached hydrogen (secondary N) is 2. The van der Waals surface area contributed by atoms with Gasteiger partial charge in [0.15, 0.2) is 11.6 Å². The van der Waals surface area contributed by atoms with Crippen molar-refractivity contribution in [2.24, 2.45) is 0 Å². The van der Waals surface area contributed by atoms with Gasteiger partial charge in [-0.05, 0) is 62.1 Å². The average molecular weight is 443 g/mol. The van der Waals surface area contributed by atoms with Crippen molar-refractivity contribution in [1.82, 2.24) is 10.0 Å². The lowest BCUT2D eigenvalue weighted by atomic mass is 10.1. The van der Waals surface area contributed by atoms with Crippen molar-refractivity contribution in [3.8, 4) is 0 Å². The number of rotatable bonds is 9. The number of carbonyl (C=O) groups is 1. The molecule has 0 fully saturated rings. The molecule has 0 aliphatic carbocycles. The number of hydrogen-bond donors (Lipinski definition) is 2. The Morgan fingerprint density at radius 3 is 2.34 bits per heavy atom. The zero-order chi connectivity index (χ0) is 21.6. The monoisotopic (exact) mass is 442 g/mol. The number of benzene rings is 2. The molecule has 2 N–H and O–H groups in total. The molecule has 0 spiro atoms. The molecule has 0 saturated carbocycles. The molecule has 0 aliphatic rings. The molecule has 2 aromatic rings. The fourth-order valence-electron chi connectivity index (χ4n) is 2.63. The average Bonchev–Trinajstić information content (AvgIpc) is 2.67. The van der Waals surface area contributed by atoms with Gasteiger partial charge in [0, 0.05) is 0 Å². The number of thioether (sulfide) groups is 1. The summed E-state index contributed by atoms with van der Waals surface area (Å²) in [5.74, 6) is -1.96. The molecule has 2 aromatic carbocycles. The van der Waals surface area contributed by atoms with Crippen molar-refractivity contribution in [1.29, 1.82) is 0 Å². The first kappa shape index (κ1) is 23.3. The Labute approximate surface area is 174 Å². The highest BCUT2D eigenvalue weighted by molar-refractivity contribution is 7.98. The van der Waals surface area contributed by atoms with Crippen LogP contribution in [0.25, 0.3) is 0 Å². The van der Waals surface area contributed by atoms with Crippen LogP contribution in [0.4, 0.5) is 8.78 Å². The zero-order valence-corrected chi connectivity index (χ0v) is 18.0. The van der Waals surface area contributed by atoms with Gasteiger partial charge >= 0.3 is 0 Å². The van der Waals surface area contributed by atoms with Crippen LogP contribution in [-0.2, 0) is 14.8 Å². The van der Waals surface area contributed by atoms with E-state index < -0.39 is 39.6 Å². The largest absolute Gasteiger partial charge is 0.348 e. The number of hydrogen-bond acceptors (Lipinski definition) is 4. The summed E-state index contributed by atoms with van der Waals surface area (Å²) in [4.78, 5) is 12.8. The fraction of sp³-hybridized carbons (Fsp3) is 0.350. The number of halogens is 2. The first-order chi connectivity index (χ1) is 13.6. The molecule has 0 heterocycles. The zero-order valence-electron chi connectivity index (χ0n) is 16.4. The maximum Gasteiger partial charge on any atom is 0.241 e. The minimum absolute atomic E-state index is 0.0682. The molecule has 29 heavy (non-hydrogen) atoms. The Kier molecular flexibility index (Phi) is 8.18. The minimum atomic E-state index is -3.89. The molecule has 1 amide bonds. The highest BCUT2D eigenvalue weighted by Gasteiger charge is 2.26. The second kappa shape index (κ2) is 10.2. The standard InChI is InChI=1S/C20H24F2N2O3S2/c1-13-4-7-16(8-5-13)29(26,27)24-19(10-11-28-3)20(25)23-14(2)15-6-9-17(21)18(22)12-15/h4-9,12,14,19,24H,10-11H2,1-3H3,(H,23,25). The molecule has 0 aromatic heterocycles. The summed E-state index contributed by atoms with van der Waals surface area (Å²) in [6.45, 7) is 3.46. The van der Waals surface area contributed by atoms with Gasteiger partial charge in [0.25, 0.3) is 0 Å². The van der Waals surface area contributed by atoms with Crippen molar-refractivity contribution in [2.45, 2.75) is 37.2 Å². The molecule has 2 unspecified atom stereocenters. The van der Waals surface area contributed by atoms with E-state index in [0.717, 1.165) is 17.7 Å². The summed E-state index contributed by atoms with van der Waals surface area (Å²) >= 11 is 1.48. The second-order valence-corrected chi connectivity index (χ2v) is 9.37. The van der Waals surface area contributed by atoms with Gasteiger partial charge < -0.3 is 5.32 Å². The van der Waals surface area contributed by atoms with Crippen LogP contribution >= 0.6 is 11.8 Å². The number of aryl methyl sites for hydroxylation is 1. The maximum absolute atomic E-state index is 13.5. The number of sulfonamides is 1. The molecule has 0 bridgehead atoms. The number of amides is 1. The van der Waals surface area contributed by atoms with Crippen molar-refractivity contribution in [2.75, 3.05) is 12.0 Å². The minimum Gasteiger partial charge on any atom is -0.348 e. The van der Waals surface area contributed by atoms with Crippen LogP contribution in [0.3, 0.4) is 0 Å². The van der Waals surface area contributed by atoms with Crippen LogP contribution < -0.4 is 10.0 Å². The lowest BCUT2D eigenvalue weighted by Gasteiger charge is -2.21.